The summed E-state index contributed by atoms with van der Waals surface area (Å²) in [5.41, 5.74) is 4.83. The van der Waals surface area contributed by atoms with Crippen LogP contribution in [0.25, 0.3) is 0 Å². The zero-order valence-corrected chi connectivity index (χ0v) is 6.66. The van der Waals surface area contributed by atoms with Crippen molar-refractivity contribution >= 4 is 5.91 Å². The fourth-order valence-corrected chi connectivity index (χ4v) is 0.796. The van der Waals surface area contributed by atoms with Crippen molar-refractivity contribution in [2.45, 2.75) is 38.4 Å². The maximum atomic E-state index is 10.3. The van der Waals surface area contributed by atoms with Crippen molar-refractivity contribution in [3.63, 3.8) is 0 Å². The lowest BCUT2D eigenvalue weighted by Gasteiger charge is -2.11. The molecule has 0 aromatic heterocycles. The van der Waals surface area contributed by atoms with Crippen LogP contribution in [0.4, 0.5) is 0 Å². The SMILES string of the molecule is CCC(O)CC(O)CC(N)=O. The molecule has 11 heavy (non-hydrogen) atoms. The largest absolute Gasteiger partial charge is 0.393 e. The second kappa shape index (κ2) is 5.09. The summed E-state index contributed by atoms with van der Waals surface area (Å²) in [5.74, 6) is -0.541. The lowest BCUT2D eigenvalue weighted by Crippen LogP contribution is -2.23. The standard InChI is InChI=1S/C7H15NO3/c1-2-5(9)3-6(10)4-7(8)11/h5-6,9-10H,2-4H2,1H3,(H2,8,11). The second-order valence-electron chi connectivity index (χ2n) is 2.62. The second-order valence-corrected chi connectivity index (χ2v) is 2.62. The van der Waals surface area contributed by atoms with Gasteiger partial charge >= 0.3 is 0 Å². The Hall–Kier alpha value is -0.610. The number of aliphatic hydroxyl groups excluding tert-OH is 2. The normalized spacial score (nSPS) is 15.9. The third-order valence-corrected chi connectivity index (χ3v) is 1.45. The first-order valence-corrected chi connectivity index (χ1v) is 3.70. The van der Waals surface area contributed by atoms with Gasteiger partial charge in [-0.3, -0.25) is 4.79 Å². The number of carbonyl (C=O) groups is 1. The molecule has 4 N–H and O–H groups in total. The molecule has 2 atom stereocenters. The van der Waals surface area contributed by atoms with Crippen LogP contribution in [0.1, 0.15) is 26.2 Å². The van der Waals surface area contributed by atoms with Crippen molar-refractivity contribution < 1.29 is 15.0 Å². The van der Waals surface area contributed by atoms with Crippen LogP contribution in [0.5, 0.6) is 0 Å². The lowest BCUT2D eigenvalue weighted by molar-refractivity contribution is -0.120. The zero-order valence-electron chi connectivity index (χ0n) is 6.66. The Balaban J connectivity index is 3.51. The van der Waals surface area contributed by atoms with E-state index in [0.717, 1.165) is 0 Å². The van der Waals surface area contributed by atoms with Crippen LogP contribution in [0, 0.1) is 0 Å². The fourth-order valence-electron chi connectivity index (χ4n) is 0.796. The quantitative estimate of drug-likeness (QED) is 0.502. The van der Waals surface area contributed by atoms with Crippen molar-refractivity contribution in [2.24, 2.45) is 5.73 Å². The van der Waals surface area contributed by atoms with Crippen LogP contribution >= 0.6 is 0 Å². The van der Waals surface area contributed by atoms with Crippen molar-refractivity contribution in [2.75, 3.05) is 0 Å². The predicted molar refractivity (Wildman–Crippen MR) is 40.7 cm³/mol. The van der Waals surface area contributed by atoms with Gasteiger partial charge in [-0.1, -0.05) is 6.92 Å². The number of rotatable bonds is 5. The van der Waals surface area contributed by atoms with Gasteiger partial charge in [0.1, 0.15) is 0 Å². The number of hydrogen-bond acceptors (Lipinski definition) is 3. The van der Waals surface area contributed by atoms with Gasteiger partial charge in [0.05, 0.1) is 18.6 Å². The molecular weight excluding hydrogens is 146 g/mol. The molecule has 0 aliphatic heterocycles. The molecule has 0 fully saturated rings. The van der Waals surface area contributed by atoms with Crippen molar-refractivity contribution in [1.29, 1.82) is 0 Å². The Labute approximate surface area is 66.0 Å². The Bertz CT molecular complexity index is 127. The first-order chi connectivity index (χ1) is 5.06. The maximum absolute atomic E-state index is 10.3. The average molecular weight is 161 g/mol. The Morgan fingerprint density at radius 2 is 2.00 bits per heavy atom. The molecule has 4 heteroatoms. The Morgan fingerprint density at radius 3 is 2.36 bits per heavy atom. The lowest BCUT2D eigenvalue weighted by atomic mass is 10.1. The minimum atomic E-state index is -0.803. The van der Waals surface area contributed by atoms with Crippen molar-refractivity contribution in [3.8, 4) is 0 Å². The molecule has 0 bridgehead atoms. The molecular formula is C7H15NO3. The monoisotopic (exact) mass is 161 g/mol. The number of carbonyl (C=O) groups excluding carboxylic acids is 1. The van der Waals surface area contributed by atoms with Crippen molar-refractivity contribution in [3.05, 3.63) is 0 Å². The summed E-state index contributed by atoms with van der Waals surface area (Å²) in [4.78, 5) is 10.3. The Kier molecular flexibility index (Phi) is 4.81. The fraction of sp³-hybridized carbons (Fsp3) is 0.857. The van der Waals surface area contributed by atoms with Crippen molar-refractivity contribution in [1.82, 2.24) is 0 Å². The number of nitrogens with two attached hydrogens (primary N) is 1. The van der Waals surface area contributed by atoms with E-state index < -0.39 is 18.1 Å². The van der Waals surface area contributed by atoms with E-state index in [1.54, 1.807) is 0 Å². The third-order valence-electron chi connectivity index (χ3n) is 1.45. The van der Waals surface area contributed by atoms with E-state index >= 15 is 0 Å². The van der Waals surface area contributed by atoms with Gasteiger partial charge in [0.25, 0.3) is 0 Å². The minimum Gasteiger partial charge on any atom is -0.393 e. The van der Waals surface area contributed by atoms with Gasteiger partial charge in [-0.05, 0) is 12.8 Å². The van der Waals surface area contributed by atoms with Gasteiger partial charge in [0.2, 0.25) is 5.91 Å². The predicted octanol–water partition coefficient (Wildman–Crippen LogP) is -0.616. The minimum absolute atomic E-state index is 0.0724. The van der Waals surface area contributed by atoms with Gasteiger partial charge in [-0.25, -0.2) is 0 Å². The Morgan fingerprint density at radius 1 is 1.45 bits per heavy atom. The van der Waals surface area contributed by atoms with Crippen LogP contribution in [0.3, 0.4) is 0 Å². The summed E-state index contributed by atoms with van der Waals surface area (Å²) in [6.45, 7) is 1.81. The molecule has 1 amide bonds. The molecule has 0 heterocycles. The van der Waals surface area contributed by atoms with Crippen LogP contribution in [0.2, 0.25) is 0 Å². The van der Waals surface area contributed by atoms with Gasteiger partial charge in [-0.15, -0.1) is 0 Å². The van der Waals surface area contributed by atoms with E-state index in [9.17, 15) is 4.79 Å². The number of primary amides is 1. The highest BCUT2D eigenvalue weighted by atomic mass is 16.3. The molecule has 0 aromatic carbocycles. The first-order valence-electron chi connectivity index (χ1n) is 3.70. The smallest absolute Gasteiger partial charge is 0.220 e. The molecule has 66 valence electrons. The highest BCUT2D eigenvalue weighted by molar-refractivity contribution is 5.74. The van der Waals surface area contributed by atoms with Crippen LogP contribution in [-0.2, 0) is 4.79 Å². The zero-order chi connectivity index (χ0) is 8.85. The topological polar surface area (TPSA) is 83.6 Å². The number of amides is 1. The first kappa shape index (κ1) is 10.4. The molecule has 0 saturated heterocycles. The maximum Gasteiger partial charge on any atom is 0.220 e. The highest BCUT2D eigenvalue weighted by Gasteiger charge is 2.11. The highest BCUT2D eigenvalue weighted by Crippen LogP contribution is 2.04. The summed E-state index contributed by atoms with van der Waals surface area (Å²) >= 11 is 0. The van der Waals surface area contributed by atoms with E-state index in [-0.39, 0.29) is 12.8 Å². The number of aliphatic hydroxyl groups is 2. The summed E-state index contributed by atoms with van der Waals surface area (Å²) in [6.07, 6.45) is -0.612. The van der Waals surface area contributed by atoms with Crippen LogP contribution in [0.15, 0.2) is 0 Å². The van der Waals surface area contributed by atoms with Gasteiger partial charge in [0, 0.05) is 0 Å². The molecule has 4 nitrogen and oxygen atoms in total. The molecule has 0 spiro atoms. The molecule has 0 aromatic rings. The molecule has 0 saturated carbocycles. The van der Waals surface area contributed by atoms with Gasteiger partial charge in [0.15, 0.2) is 0 Å². The molecule has 0 radical (unpaired) electrons. The summed E-state index contributed by atoms with van der Waals surface area (Å²) in [5, 5.41) is 18.1. The summed E-state index contributed by atoms with van der Waals surface area (Å²) in [6, 6.07) is 0. The third kappa shape index (κ3) is 5.82. The van der Waals surface area contributed by atoms with E-state index in [4.69, 9.17) is 15.9 Å². The van der Waals surface area contributed by atoms with Crippen LogP contribution < -0.4 is 5.73 Å². The van der Waals surface area contributed by atoms with E-state index in [0.29, 0.717) is 6.42 Å². The van der Waals surface area contributed by atoms with Gasteiger partial charge in [-0.2, -0.15) is 0 Å². The molecule has 2 unspecified atom stereocenters. The molecule has 0 aliphatic carbocycles. The van der Waals surface area contributed by atoms with Crippen LogP contribution in [-0.4, -0.2) is 28.3 Å². The average Bonchev–Trinajstić information content (AvgIpc) is 1.85. The summed E-state index contributed by atoms with van der Waals surface area (Å²) < 4.78 is 0. The van der Waals surface area contributed by atoms with Gasteiger partial charge < -0.3 is 15.9 Å². The molecule has 0 aliphatic rings. The van der Waals surface area contributed by atoms with E-state index in [2.05, 4.69) is 0 Å². The number of hydrogen-bond donors (Lipinski definition) is 3. The van der Waals surface area contributed by atoms with E-state index in [1.165, 1.54) is 0 Å². The van der Waals surface area contributed by atoms with E-state index in [1.807, 2.05) is 6.92 Å². The molecule has 0 rings (SSSR count). The summed E-state index contributed by atoms with van der Waals surface area (Å²) in [7, 11) is 0.